The number of anilines is 1. The molecule has 112 valence electrons. The molecule has 1 N–H and O–H groups in total. The summed E-state index contributed by atoms with van der Waals surface area (Å²) in [7, 11) is 1.00. The fourth-order valence-electron chi connectivity index (χ4n) is 3.77. The van der Waals surface area contributed by atoms with Crippen molar-refractivity contribution < 1.29 is 14.3 Å². The van der Waals surface area contributed by atoms with Crippen molar-refractivity contribution in [3.8, 4) is 0 Å². The van der Waals surface area contributed by atoms with E-state index in [0.29, 0.717) is 5.56 Å². The molecule has 1 aliphatic carbocycles. The summed E-state index contributed by atoms with van der Waals surface area (Å²) in [6.07, 6.45) is 6.58. The summed E-state index contributed by atoms with van der Waals surface area (Å²) in [4.78, 5) is 13.4. The molecule has 2 fully saturated rings. The van der Waals surface area contributed by atoms with E-state index in [2.05, 4.69) is 17.0 Å². The van der Waals surface area contributed by atoms with Gasteiger partial charge in [-0.05, 0) is 36.8 Å². The van der Waals surface area contributed by atoms with E-state index in [1.807, 2.05) is 6.07 Å². The first-order valence-corrected chi connectivity index (χ1v) is 7.51. The highest BCUT2D eigenvalue weighted by Gasteiger charge is 2.36. The lowest BCUT2D eigenvalue weighted by atomic mass is 10.0. The first kappa shape index (κ1) is 14.1. The molecule has 0 unspecified atom stereocenters. The molecule has 0 amide bonds. The molecule has 0 spiro atoms. The van der Waals surface area contributed by atoms with Crippen LogP contribution in [0.1, 0.15) is 29.6 Å². The zero-order valence-corrected chi connectivity index (χ0v) is 12.3. The number of hydrogen-bond donors (Lipinski definition) is 1. The van der Waals surface area contributed by atoms with Crippen LogP contribution in [0, 0.1) is 11.8 Å². The van der Waals surface area contributed by atoms with Gasteiger partial charge >= 0.3 is 0 Å². The van der Waals surface area contributed by atoms with Gasteiger partial charge in [0, 0.05) is 37.3 Å². The quantitative estimate of drug-likeness (QED) is 0.862. The number of aliphatic hydroxyl groups is 1. The number of carbonyl (C=O) groups is 1. The van der Waals surface area contributed by atoms with Crippen molar-refractivity contribution in [1.29, 1.82) is 0 Å². The van der Waals surface area contributed by atoms with Crippen LogP contribution >= 0.6 is 0 Å². The van der Waals surface area contributed by atoms with E-state index in [1.54, 1.807) is 6.26 Å². The number of benzene rings is 1. The summed E-state index contributed by atoms with van der Waals surface area (Å²) < 4.78 is 5.48. The van der Waals surface area contributed by atoms with Crippen molar-refractivity contribution in [2.24, 2.45) is 11.8 Å². The van der Waals surface area contributed by atoms with E-state index >= 15 is 0 Å². The van der Waals surface area contributed by atoms with Gasteiger partial charge in [-0.2, -0.15) is 0 Å². The molecule has 1 saturated heterocycles. The molecule has 4 rings (SSSR count). The molecule has 4 nitrogen and oxygen atoms in total. The fraction of sp³-hybridized carbons (Fsp3) is 0.471. The monoisotopic (exact) mass is 287 g/mol. The lowest BCUT2D eigenvalue weighted by Gasteiger charge is -2.19. The van der Waals surface area contributed by atoms with Crippen LogP contribution < -0.4 is 4.90 Å². The Hall–Kier alpha value is -1.81. The largest absolute Gasteiger partial charge is 0.463 e. The Morgan fingerprint density at radius 1 is 1.24 bits per heavy atom. The molecule has 21 heavy (non-hydrogen) atoms. The topological polar surface area (TPSA) is 53.7 Å². The van der Waals surface area contributed by atoms with Gasteiger partial charge in [-0.25, -0.2) is 0 Å². The van der Waals surface area contributed by atoms with Crippen LogP contribution in [0.25, 0.3) is 11.0 Å². The van der Waals surface area contributed by atoms with Gasteiger partial charge in [0.25, 0.3) is 0 Å². The predicted octanol–water partition coefficient (Wildman–Crippen LogP) is 3.09. The second-order valence-corrected chi connectivity index (χ2v) is 5.85. The van der Waals surface area contributed by atoms with E-state index in [0.717, 1.165) is 36.2 Å². The van der Waals surface area contributed by atoms with E-state index in [1.165, 1.54) is 38.0 Å². The van der Waals surface area contributed by atoms with Crippen LogP contribution in [0.3, 0.4) is 0 Å². The third-order valence-corrected chi connectivity index (χ3v) is 4.81. The summed E-state index contributed by atoms with van der Waals surface area (Å²) in [6.45, 7) is 2.36. The first-order valence-electron chi connectivity index (χ1n) is 7.51. The molecule has 1 saturated carbocycles. The average molecular weight is 287 g/mol. The van der Waals surface area contributed by atoms with Gasteiger partial charge in [-0.3, -0.25) is 4.79 Å². The lowest BCUT2D eigenvalue weighted by Crippen LogP contribution is -2.20. The summed E-state index contributed by atoms with van der Waals surface area (Å²) in [5.74, 6) is 1.77. The van der Waals surface area contributed by atoms with Crippen molar-refractivity contribution in [3.63, 3.8) is 0 Å². The third-order valence-electron chi connectivity index (χ3n) is 4.81. The van der Waals surface area contributed by atoms with Crippen LogP contribution in [0.2, 0.25) is 0 Å². The number of furan rings is 1. The number of carbonyl (C=O) groups excluding carboxylic acids is 1. The van der Waals surface area contributed by atoms with Crippen LogP contribution in [-0.2, 0) is 0 Å². The minimum absolute atomic E-state index is 0.639. The summed E-state index contributed by atoms with van der Waals surface area (Å²) in [5, 5.41) is 7.91. The normalized spacial score (nSPS) is 23.8. The Morgan fingerprint density at radius 3 is 2.62 bits per heavy atom. The maximum atomic E-state index is 10.9. The van der Waals surface area contributed by atoms with Crippen molar-refractivity contribution in [2.45, 2.75) is 19.3 Å². The molecule has 1 aromatic heterocycles. The standard InChI is InChI=1S/C16H17NO2.CH4O/c18-9-13-10-19-16-6-14(4-5-15(13)16)17-7-11-2-1-3-12(11)8-17;1-2/h4-6,9-12H,1-3,7-8H2;2H,1H3/t11-,12+;. The number of rotatable bonds is 2. The number of hydrogen-bond acceptors (Lipinski definition) is 4. The minimum Gasteiger partial charge on any atom is -0.463 e. The second-order valence-electron chi connectivity index (χ2n) is 5.85. The van der Waals surface area contributed by atoms with Crippen LogP contribution in [-0.4, -0.2) is 31.6 Å². The minimum atomic E-state index is 0.639. The molecule has 2 atom stereocenters. The molecular formula is C17H21NO3. The van der Waals surface area contributed by atoms with Gasteiger partial charge in [0.2, 0.25) is 0 Å². The Kier molecular flexibility index (Phi) is 3.97. The SMILES string of the molecule is CO.O=Cc1coc2cc(N3C[C@H]4CCC[C@H]4C3)ccc12. The highest BCUT2D eigenvalue weighted by atomic mass is 16.3. The first-order chi connectivity index (χ1) is 10.3. The zero-order valence-electron chi connectivity index (χ0n) is 12.3. The van der Waals surface area contributed by atoms with Gasteiger partial charge in [-0.15, -0.1) is 0 Å². The van der Waals surface area contributed by atoms with E-state index in [9.17, 15) is 4.79 Å². The van der Waals surface area contributed by atoms with Crippen LogP contribution in [0.15, 0.2) is 28.9 Å². The number of aliphatic hydroxyl groups excluding tert-OH is 1. The summed E-state index contributed by atoms with van der Waals surface area (Å²) in [5.41, 5.74) is 2.69. The smallest absolute Gasteiger partial charge is 0.153 e. The highest BCUT2D eigenvalue weighted by molar-refractivity contribution is 5.97. The van der Waals surface area contributed by atoms with Gasteiger partial charge < -0.3 is 14.4 Å². The van der Waals surface area contributed by atoms with Gasteiger partial charge in [-0.1, -0.05) is 6.42 Å². The van der Waals surface area contributed by atoms with Crippen molar-refractivity contribution in [1.82, 2.24) is 0 Å². The Bertz CT molecular complexity index is 622. The Morgan fingerprint density at radius 2 is 1.95 bits per heavy atom. The van der Waals surface area contributed by atoms with Crippen LogP contribution in [0.5, 0.6) is 0 Å². The lowest BCUT2D eigenvalue weighted by molar-refractivity contribution is 0.112. The number of nitrogens with zero attached hydrogens (tertiary/aromatic N) is 1. The van der Waals surface area contributed by atoms with Crippen LogP contribution in [0.4, 0.5) is 5.69 Å². The summed E-state index contributed by atoms with van der Waals surface area (Å²) in [6, 6.07) is 6.20. The molecule has 1 aromatic carbocycles. The molecule has 2 heterocycles. The average Bonchev–Trinajstić information content (AvgIpc) is 3.22. The van der Waals surface area contributed by atoms with E-state index in [-0.39, 0.29) is 0 Å². The molecule has 4 heteroatoms. The zero-order chi connectivity index (χ0) is 14.8. The maximum absolute atomic E-state index is 10.9. The maximum Gasteiger partial charge on any atom is 0.153 e. The van der Waals surface area contributed by atoms with Gasteiger partial charge in [0.05, 0.1) is 5.56 Å². The molecule has 0 bridgehead atoms. The van der Waals surface area contributed by atoms with Gasteiger partial charge in [0.1, 0.15) is 11.8 Å². The Balaban J connectivity index is 0.000000636. The molecule has 0 radical (unpaired) electrons. The molecule has 1 aliphatic heterocycles. The van der Waals surface area contributed by atoms with E-state index in [4.69, 9.17) is 9.52 Å². The summed E-state index contributed by atoms with van der Waals surface area (Å²) >= 11 is 0. The number of fused-ring (bicyclic) bond motifs is 2. The highest BCUT2D eigenvalue weighted by Crippen LogP contribution is 2.40. The van der Waals surface area contributed by atoms with Crippen molar-refractivity contribution in [3.05, 3.63) is 30.0 Å². The molecule has 2 aliphatic rings. The van der Waals surface area contributed by atoms with Crippen molar-refractivity contribution in [2.75, 3.05) is 25.1 Å². The van der Waals surface area contributed by atoms with E-state index < -0.39 is 0 Å². The molecule has 2 aromatic rings. The Labute approximate surface area is 124 Å². The molecular weight excluding hydrogens is 266 g/mol. The van der Waals surface area contributed by atoms with Gasteiger partial charge in [0.15, 0.2) is 6.29 Å². The second kappa shape index (κ2) is 5.90. The third kappa shape index (κ3) is 2.44. The number of aldehydes is 1. The van der Waals surface area contributed by atoms with Crippen molar-refractivity contribution >= 4 is 22.9 Å². The predicted molar refractivity (Wildman–Crippen MR) is 82.8 cm³/mol. The fourth-order valence-corrected chi connectivity index (χ4v) is 3.77.